The Morgan fingerprint density at radius 1 is 0.897 bits per heavy atom. The van der Waals surface area contributed by atoms with Crippen LogP contribution in [0.2, 0.25) is 20.1 Å². The first-order valence-electron chi connectivity index (χ1n) is 8.53. The van der Waals surface area contributed by atoms with E-state index in [1.807, 2.05) is 24.3 Å². The van der Waals surface area contributed by atoms with E-state index in [0.717, 1.165) is 11.1 Å². The van der Waals surface area contributed by atoms with Crippen molar-refractivity contribution in [3.8, 4) is 17.2 Å². The summed E-state index contributed by atoms with van der Waals surface area (Å²) < 4.78 is 11.3. The van der Waals surface area contributed by atoms with Crippen LogP contribution in [0, 0.1) is 0 Å². The number of halogens is 4. The normalized spacial score (nSPS) is 10.7. The van der Waals surface area contributed by atoms with Crippen molar-refractivity contribution >= 4 is 52.1 Å². The molecule has 0 saturated heterocycles. The molecule has 4 nitrogen and oxygen atoms in total. The van der Waals surface area contributed by atoms with Crippen LogP contribution in [-0.2, 0) is 13.2 Å². The number of phenols is 1. The summed E-state index contributed by atoms with van der Waals surface area (Å²) >= 11 is 24.5. The van der Waals surface area contributed by atoms with Crippen LogP contribution < -0.4 is 14.8 Å². The fourth-order valence-corrected chi connectivity index (χ4v) is 3.62. The molecule has 0 heterocycles. The first-order chi connectivity index (χ1) is 13.9. The molecule has 0 unspecified atom stereocenters. The number of benzene rings is 3. The Balaban J connectivity index is 1.75. The maximum absolute atomic E-state index is 9.65. The van der Waals surface area contributed by atoms with Crippen molar-refractivity contribution in [3.05, 3.63) is 79.7 Å². The lowest BCUT2D eigenvalue weighted by Crippen LogP contribution is -2.03. The Morgan fingerprint density at radius 3 is 2.24 bits per heavy atom. The molecule has 0 saturated carbocycles. The highest BCUT2D eigenvalue weighted by molar-refractivity contribution is 6.37. The van der Waals surface area contributed by atoms with Gasteiger partial charge in [-0.1, -0.05) is 64.6 Å². The number of ether oxygens (including phenoxy) is 2. The minimum absolute atomic E-state index is 0.149. The highest BCUT2D eigenvalue weighted by atomic mass is 35.5. The van der Waals surface area contributed by atoms with Crippen molar-refractivity contribution in [3.63, 3.8) is 0 Å². The molecular weight excluding hydrogens is 456 g/mol. The monoisotopic (exact) mass is 471 g/mol. The lowest BCUT2D eigenvalue weighted by molar-refractivity contribution is 0.284. The van der Waals surface area contributed by atoms with Gasteiger partial charge in [0, 0.05) is 22.8 Å². The van der Waals surface area contributed by atoms with Gasteiger partial charge in [-0.25, -0.2) is 0 Å². The molecule has 0 aliphatic rings. The minimum Gasteiger partial charge on any atom is -0.505 e. The third-order valence-corrected chi connectivity index (χ3v) is 5.36. The van der Waals surface area contributed by atoms with E-state index >= 15 is 0 Å². The van der Waals surface area contributed by atoms with Gasteiger partial charge in [0.05, 0.1) is 22.2 Å². The molecule has 3 rings (SSSR count). The van der Waals surface area contributed by atoms with Crippen LogP contribution in [0.5, 0.6) is 17.2 Å². The van der Waals surface area contributed by atoms with Gasteiger partial charge in [-0.15, -0.1) is 0 Å². The lowest BCUT2D eigenvalue weighted by Gasteiger charge is -2.15. The van der Waals surface area contributed by atoms with E-state index in [0.29, 0.717) is 33.8 Å². The Bertz CT molecular complexity index is 1000. The number of phenolic OH excluding ortho intramolecular Hbond substituents is 1. The van der Waals surface area contributed by atoms with Crippen molar-refractivity contribution in [1.29, 1.82) is 0 Å². The highest BCUT2D eigenvalue weighted by Gasteiger charge is 2.14. The van der Waals surface area contributed by atoms with Crippen LogP contribution in [0.25, 0.3) is 0 Å². The number of nitrogens with one attached hydrogen (secondary N) is 1. The van der Waals surface area contributed by atoms with Gasteiger partial charge in [0.1, 0.15) is 6.61 Å². The number of anilines is 1. The maximum Gasteiger partial charge on any atom is 0.180 e. The second-order valence-electron chi connectivity index (χ2n) is 6.13. The smallest absolute Gasteiger partial charge is 0.180 e. The average molecular weight is 473 g/mol. The van der Waals surface area contributed by atoms with Gasteiger partial charge in [0.25, 0.3) is 0 Å². The SMILES string of the molecule is COc1cc(CNc2cc(Cl)c(O)c(Cl)c2)cc(Cl)c1OCc1ccccc1Cl. The molecule has 0 amide bonds. The molecule has 2 N–H and O–H groups in total. The summed E-state index contributed by atoms with van der Waals surface area (Å²) in [6.45, 7) is 0.691. The van der Waals surface area contributed by atoms with Gasteiger partial charge in [-0.3, -0.25) is 0 Å². The van der Waals surface area contributed by atoms with Gasteiger partial charge >= 0.3 is 0 Å². The molecule has 0 bridgehead atoms. The molecule has 0 atom stereocenters. The van der Waals surface area contributed by atoms with Crippen LogP contribution >= 0.6 is 46.4 Å². The van der Waals surface area contributed by atoms with Gasteiger partial charge in [0.15, 0.2) is 17.2 Å². The Kier molecular flexibility index (Phi) is 7.25. The van der Waals surface area contributed by atoms with Gasteiger partial charge in [-0.05, 0) is 35.9 Å². The van der Waals surface area contributed by atoms with E-state index < -0.39 is 0 Å². The molecule has 29 heavy (non-hydrogen) atoms. The average Bonchev–Trinajstić information content (AvgIpc) is 2.70. The summed E-state index contributed by atoms with van der Waals surface area (Å²) in [5, 5.41) is 14.2. The number of rotatable bonds is 7. The Labute approximate surface area is 188 Å². The second kappa shape index (κ2) is 9.68. The van der Waals surface area contributed by atoms with Gasteiger partial charge < -0.3 is 19.9 Å². The van der Waals surface area contributed by atoms with Crippen molar-refractivity contribution < 1.29 is 14.6 Å². The van der Waals surface area contributed by atoms with Crippen molar-refractivity contribution in [1.82, 2.24) is 0 Å². The first kappa shape index (κ1) is 21.7. The van der Waals surface area contributed by atoms with E-state index in [9.17, 15) is 5.11 Å². The van der Waals surface area contributed by atoms with Gasteiger partial charge in [-0.2, -0.15) is 0 Å². The summed E-state index contributed by atoms with van der Waals surface area (Å²) in [5.41, 5.74) is 2.36. The van der Waals surface area contributed by atoms with E-state index in [2.05, 4.69) is 5.32 Å². The number of aromatic hydroxyl groups is 1. The Morgan fingerprint density at radius 2 is 1.59 bits per heavy atom. The summed E-state index contributed by atoms with van der Waals surface area (Å²) in [4.78, 5) is 0. The molecule has 0 fully saturated rings. The van der Waals surface area contributed by atoms with Crippen LogP contribution in [0.15, 0.2) is 48.5 Å². The van der Waals surface area contributed by atoms with Crippen LogP contribution in [0.1, 0.15) is 11.1 Å². The summed E-state index contributed by atoms with van der Waals surface area (Å²) in [6.07, 6.45) is 0. The van der Waals surface area contributed by atoms with Crippen LogP contribution in [0.4, 0.5) is 5.69 Å². The van der Waals surface area contributed by atoms with E-state index in [4.69, 9.17) is 55.9 Å². The highest BCUT2D eigenvalue weighted by Crippen LogP contribution is 2.38. The summed E-state index contributed by atoms with van der Waals surface area (Å²) in [5.74, 6) is 0.792. The second-order valence-corrected chi connectivity index (χ2v) is 7.76. The van der Waals surface area contributed by atoms with Crippen LogP contribution in [0.3, 0.4) is 0 Å². The van der Waals surface area contributed by atoms with E-state index in [1.165, 1.54) is 0 Å². The third-order valence-electron chi connectivity index (χ3n) is 4.13. The molecule has 0 radical (unpaired) electrons. The predicted octanol–water partition coefficient (Wildman–Crippen LogP) is 7.21. The summed E-state index contributed by atoms with van der Waals surface area (Å²) in [7, 11) is 1.55. The summed E-state index contributed by atoms with van der Waals surface area (Å²) in [6, 6.07) is 14.2. The zero-order chi connectivity index (χ0) is 21.0. The van der Waals surface area contributed by atoms with E-state index in [1.54, 1.807) is 31.4 Å². The van der Waals surface area contributed by atoms with Crippen LogP contribution in [-0.4, -0.2) is 12.2 Å². The molecule has 0 aliphatic carbocycles. The van der Waals surface area contributed by atoms with Crippen molar-refractivity contribution in [2.75, 3.05) is 12.4 Å². The quantitative estimate of drug-likeness (QED) is 0.357. The number of hydrogen-bond donors (Lipinski definition) is 2. The van der Waals surface area contributed by atoms with E-state index in [-0.39, 0.29) is 22.4 Å². The zero-order valence-corrected chi connectivity index (χ0v) is 18.3. The molecule has 0 spiro atoms. The number of hydrogen-bond acceptors (Lipinski definition) is 4. The molecule has 152 valence electrons. The standard InChI is InChI=1S/C21H17Cl4NO3/c1-28-19-7-12(10-26-14-8-16(23)20(27)17(24)9-14)6-18(25)21(19)29-11-13-4-2-3-5-15(13)22/h2-9,26-27H,10-11H2,1H3. The molecule has 3 aromatic carbocycles. The fourth-order valence-electron chi connectivity index (χ4n) is 2.65. The zero-order valence-electron chi connectivity index (χ0n) is 15.3. The molecule has 0 aromatic heterocycles. The molecular formula is C21H17Cl4NO3. The number of methoxy groups -OCH3 is 1. The first-order valence-corrected chi connectivity index (χ1v) is 10.0. The lowest BCUT2D eigenvalue weighted by atomic mass is 10.2. The minimum atomic E-state index is -0.149. The van der Waals surface area contributed by atoms with Crippen molar-refractivity contribution in [2.45, 2.75) is 13.2 Å². The van der Waals surface area contributed by atoms with Gasteiger partial charge in [0.2, 0.25) is 0 Å². The predicted molar refractivity (Wildman–Crippen MR) is 119 cm³/mol. The Hall–Kier alpha value is -1.98. The maximum atomic E-state index is 9.65. The molecule has 0 aliphatic heterocycles. The largest absolute Gasteiger partial charge is 0.505 e. The molecule has 3 aromatic rings. The molecule has 8 heteroatoms. The third kappa shape index (κ3) is 5.34. The van der Waals surface area contributed by atoms with Crippen molar-refractivity contribution in [2.24, 2.45) is 0 Å². The fraction of sp³-hybridized carbons (Fsp3) is 0.143. The topological polar surface area (TPSA) is 50.7 Å².